The second kappa shape index (κ2) is 5.86. The number of carbonyl (C=O) groups is 2. The molecule has 2 unspecified atom stereocenters. The fourth-order valence-corrected chi connectivity index (χ4v) is 2.17. The van der Waals surface area contributed by atoms with Crippen molar-refractivity contribution in [2.75, 3.05) is 13.1 Å². The lowest BCUT2D eigenvalue weighted by molar-refractivity contribution is -0.148. The fourth-order valence-electron chi connectivity index (χ4n) is 2.17. The van der Waals surface area contributed by atoms with Crippen molar-refractivity contribution < 1.29 is 14.7 Å². The highest BCUT2D eigenvalue weighted by Gasteiger charge is 2.45. The number of carbonyl (C=O) groups excluding carboxylic acids is 1. The van der Waals surface area contributed by atoms with Crippen molar-refractivity contribution in [2.24, 2.45) is 11.1 Å². The Morgan fingerprint density at radius 2 is 2.24 bits per heavy atom. The topological polar surface area (TPSA) is 104 Å². The van der Waals surface area contributed by atoms with Gasteiger partial charge >= 0.3 is 12.0 Å². The molecule has 98 valence electrons. The second-order valence-corrected chi connectivity index (χ2v) is 4.71. The lowest BCUT2D eigenvalue weighted by Crippen LogP contribution is -2.50. The Hall–Kier alpha value is -1.30. The van der Waals surface area contributed by atoms with Crippen LogP contribution in [0.5, 0.6) is 0 Å². The average molecular weight is 243 g/mol. The van der Waals surface area contributed by atoms with Crippen molar-refractivity contribution in [3.8, 4) is 0 Å². The maximum atomic E-state index is 11.5. The summed E-state index contributed by atoms with van der Waals surface area (Å²) in [6, 6.07) is -0.601. The zero-order chi connectivity index (χ0) is 12.9. The summed E-state index contributed by atoms with van der Waals surface area (Å²) in [5.74, 6) is -0.845. The molecular weight excluding hydrogens is 222 g/mol. The van der Waals surface area contributed by atoms with Gasteiger partial charge in [-0.2, -0.15) is 0 Å². The van der Waals surface area contributed by atoms with E-state index in [1.54, 1.807) is 6.92 Å². The highest BCUT2D eigenvalue weighted by molar-refractivity contribution is 5.79. The SMILES string of the molecule is CC1(C(=O)O)CCCC1NC(=O)NCCCN. The number of carboxylic acid groups (broad SMARTS) is 1. The predicted molar refractivity (Wildman–Crippen MR) is 63.6 cm³/mol. The van der Waals surface area contributed by atoms with Crippen molar-refractivity contribution >= 4 is 12.0 Å². The smallest absolute Gasteiger partial charge is 0.315 e. The summed E-state index contributed by atoms with van der Waals surface area (Å²) >= 11 is 0. The fraction of sp³-hybridized carbons (Fsp3) is 0.818. The van der Waals surface area contributed by atoms with Gasteiger partial charge in [-0.05, 0) is 32.7 Å². The Labute approximate surface area is 101 Å². The summed E-state index contributed by atoms with van der Waals surface area (Å²) in [6.45, 7) is 2.72. The molecule has 0 radical (unpaired) electrons. The van der Waals surface area contributed by atoms with Crippen molar-refractivity contribution in [3.63, 3.8) is 0 Å². The van der Waals surface area contributed by atoms with Crippen LogP contribution in [-0.4, -0.2) is 36.2 Å². The number of carboxylic acids is 1. The minimum atomic E-state index is -0.845. The molecule has 1 saturated carbocycles. The predicted octanol–water partition coefficient (Wildman–Crippen LogP) is 0.278. The van der Waals surface area contributed by atoms with E-state index in [-0.39, 0.29) is 12.1 Å². The molecule has 0 aliphatic heterocycles. The summed E-state index contributed by atoms with van der Waals surface area (Å²) in [5, 5.41) is 14.6. The summed E-state index contributed by atoms with van der Waals surface area (Å²) < 4.78 is 0. The van der Waals surface area contributed by atoms with E-state index in [1.807, 2.05) is 0 Å². The zero-order valence-electron chi connectivity index (χ0n) is 10.2. The minimum Gasteiger partial charge on any atom is -0.481 e. The Bertz CT molecular complexity index is 296. The maximum absolute atomic E-state index is 11.5. The Kier molecular flexibility index (Phi) is 4.74. The number of hydrogen-bond donors (Lipinski definition) is 4. The third-order valence-electron chi connectivity index (χ3n) is 3.42. The van der Waals surface area contributed by atoms with Gasteiger partial charge in [-0.25, -0.2) is 4.79 Å². The van der Waals surface area contributed by atoms with Crippen LogP contribution in [0.15, 0.2) is 0 Å². The molecule has 2 amide bonds. The molecule has 0 aromatic heterocycles. The van der Waals surface area contributed by atoms with Crippen LogP contribution in [0.2, 0.25) is 0 Å². The molecule has 0 aromatic rings. The highest BCUT2D eigenvalue weighted by Crippen LogP contribution is 2.38. The van der Waals surface area contributed by atoms with Crippen LogP contribution < -0.4 is 16.4 Å². The third-order valence-corrected chi connectivity index (χ3v) is 3.42. The van der Waals surface area contributed by atoms with E-state index in [9.17, 15) is 14.7 Å². The van der Waals surface area contributed by atoms with Crippen molar-refractivity contribution in [1.29, 1.82) is 0 Å². The molecule has 6 nitrogen and oxygen atoms in total. The van der Waals surface area contributed by atoms with E-state index >= 15 is 0 Å². The Morgan fingerprint density at radius 1 is 1.53 bits per heavy atom. The van der Waals surface area contributed by atoms with Gasteiger partial charge in [-0.1, -0.05) is 6.42 Å². The minimum absolute atomic E-state index is 0.294. The van der Waals surface area contributed by atoms with Gasteiger partial charge in [0.25, 0.3) is 0 Å². The quantitative estimate of drug-likeness (QED) is 0.520. The molecule has 17 heavy (non-hydrogen) atoms. The molecule has 0 heterocycles. The normalized spacial score (nSPS) is 27.8. The maximum Gasteiger partial charge on any atom is 0.315 e. The summed E-state index contributed by atoms with van der Waals surface area (Å²) in [4.78, 5) is 22.7. The lowest BCUT2D eigenvalue weighted by atomic mass is 9.85. The first-order chi connectivity index (χ1) is 8.00. The molecule has 2 atom stereocenters. The first-order valence-corrected chi connectivity index (χ1v) is 5.98. The molecule has 1 aliphatic rings. The summed E-state index contributed by atoms with van der Waals surface area (Å²) in [6.07, 6.45) is 2.87. The third kappa shape index (κ3) is 3.33. The zero-order valence-corrected chi connectivity index (χ0v) is 10.2. The van der Waals surface area contributed by atoms with E-state index in [2.05, 4.69) is 10.6 Å². The largest absolute Gasteiger partial charge is 0.481 e. The van der Waals surface area contributed by atoms with Crippen LogP contribution in [0.3, 0.4) is 0 Å². The van der Waals surface area contributed by atoms with E-state index in [0.717, 1.165) is 6.42 Å². The first kappa shape index (κ1) is 13.8. The van der Waals surface area contributed by atoms with Gasteiger partial charge in [-0.15, -0.1) is 0 Å². The standard InChI is InChI=1S/C11H21N3O3/c1-11(9(15)16)5-2-4-8(11)14-10(17)13-7-3-6-12/h8H,2-7,12H2,1H3,(H,15,16)(H2,13,14,17). The summed E-state index contributed by atoms with van der Waals surface area (Å²) in [7, 11) is 0. The molecular formula is C11H21N3O3. The van der Waals surface area contributed by atoms with Crippen LogP contribution in [0, 0.1) is 5.41 Å². The van der Waals surface area contributed by atoms with Gasteiger partial charge in [-0.3, -0.25) is 4.79 Å². The molecule has 0 spiro atoms. The number of nitrogens with one attached hydrogen (secondary N) is 2. The molecule has 0 bridgehead atoms. The molecule has 1 fully saturated rings. The number of rotatable bonds is 5. The second-order valence-electron chi connectivity index (χ2n) is 4.71. The van der Waals surface area contributed by atoms with E-state index in [4.69, 9.17) is 5.73 Å². The number of hydrogen-bond acceptors (Lipinski definition) is 3. The number of urea groups is 1. The lowest BCUT2D eigenvalue weighted by Gasteiger charge is -2.27. The van der Waals surface area contributed by atoms with Crippen LogP contribution in [0.25, 0.3) is 0 Å². The van der Waals surface area contributed by atoms with Gasteiger partial charge in [0.15, 0.2) is 0 Å². The van der Waals surface area contributed by atoms with E-state index in [1.165, 1.54) is 0 Å². The van der Waals surface area contributed by atoms with Crippen LogP contribution in [0.4, 0.5) is 4.79 Å². The number of amides is 2. The molecule has 1 rings (SSSR count). The Morgan fingerprint density at radius 3 is 2.82 bits per heavy atom. The van der Waals surface area contributed by atoms with Gasteiger partial charge in [0.1, 0.15) is 0 Å². The van der Waals surface area contributed by atoms with Gasteiger partial charge in [0.05, 0.1) is 5.41 Å². The van der Waals surface area contributed by atoms with E-state index in [0.29, 0.717) is 32.4 Å². The molecule has 6 heteroatoms. The van der Waals surface area contributed by atoms with Gasteiger partial charge in [0.2, 0.25) is 0 Å². The van der Waals surface area contributed by atoms with Crippen LogP contribution in [0.1, 0.15) is 32.6 Å². The number of nitrogens with two attached hydrogens (primary N) is 1. The summed E-state index contributed by atoms with van der Waals surface area (Å²) in [5.41, 5.74) is 4.47. The van der Waals surface area contributed by atoms with Gasteiger partial charge in [0, 0.05) is 12.6 Å². The first-order valence-electron chi connectivity index (χ1n) is 5.98. The Balaban J connectivity index is 2.45. The van der Waals surface area contributed by atoms with Crippen molar-refractivity contribution in [1.82, 2.24) is 10.6 Å². The molecule has 1 aliphatic carbocycles. The molecule has 0 aromatic carbocycles. The van der Waals surface area contributed by atoms with Crippen LogP contribution >= 0.6 is 0 Å². The molecule has 0 saturated heterocycles. The van der Waals surface area contributed by atoms with Gasteiger partial charge < -0.3 is 21.5 Å². The van der Waals surface area contributed by atoms with Crippen molar-refractivity contribution in [3.05, 3.63) is 0 Å². The molecule has 5 N–H and O–H groups in total. The monoisotopic (exact) mass is 243 g/mol. The number of aliphatic carboxylic acids is 1. The highest BCUT2D eigenvalue weighted by atomic mass is 16.4. The van der Waals surface area contributed by atoms with Crippen molar-refractivity contribution in [2.45, 2.75) is 38.6 Å². The average Bonchev–Trinajstić information content (AvgIpc) is 2.62. The van der Waals surface area contributed by atoms with E-state index < -0.39 is 11.4 Å². The van der Waals surface area contributed by atoms with Crippen LogP contribution in [-0.2, 0) is 4.79 Å².